The van der Waals surface area contributed by atoms with Crippen molar-refractivity contribution in [2.75, 3.05) is 19.6 Å². The van der Waals surface area contributed by atoms with Crippen LogP contribution in [0.1, 0.15) is 28.6 Å². The Morgan fingerprint density at radius 2 is 2.41 bits per heavy atom. The summed E-state index contributed by atoms with van der Waals surface area (Å²) in [6, 6.07) is 2.00. The number of likely N-dealkylation sites (tertiary alicyclic amines) is 1. The topological polar surface area (TPSA) is 46.3 Å². The van der Waals surface area contributed by atoms with Crippen molar-refractivity contribution in [3.8, 4) is 0 Å². The normalized spacial score (nSPS) is 25.0. The van der Waals surface area contributed by atoms with Crippen LogP contribution in [0.15, 0.2) is 11.4 Å². The Morgan fingerprint density at radius 3 is 3.00 bits per heavy atom. The number of hydrogen-bond acceptors (Lipinski definition) is 3. The van der Waals surface area contributed by atoms with Crippen LogP contribution < -0.4 is 5.73 Å². The molecule has 0 bridgehead atoms. The molecule has 1 amide bonds. The second-order valence-electron chi connectivity index (χ2n) is 4.95. The Kier molecular flexibility index (Phi) is 3.84. The highest BCUT2D eigenvalue weighted by Gasteiger charge is 2.29. The van der Waals surface area contributed by atoms with Crippen LogP contribution in [0.25, 0.3) is 0 Å². The zero-order valence-electron chi connectivity index (χ0n) is 10.5. The molecule has 2 heterocycles. The maximum absolute atomic E-state index is 12.3. The van der Waals surface area contributed by atoms with Gasteiger partial charge in [0.25, 0.3) is 5.91 Å². The quantitative estimate of drug-likeness (QED) is 0.876. The van der Waals surface area contributed by atoms with Gasteiger partial charge in [0.05, 0.1) is 4.88 Å². The van der Waals surface area contributed by atoms with Gasteiger partial charge in [-0.25, -0.2) is 0 Å². The average Bonchev–Trinajstić information content (AvgIpc) is 2.75. The fourth-order valence-electron chi connectivity index (χ4n) is 2.38. The van der Waals surface area contributed by atoms with Crippen molar-refractivity contribution in [3.05, 3.63) is 21.9 Å². The van der Waals surface area contributed by atoms with Gasteiger partial charge in [-0.1, -0.05) is 6.92 Å². The number of rotatable bonds is 2. The van der Waals surface area contributed by atoms with Gasteiger partial charge in [-0.15, -0.1) is 11.3 Å². The summed E-state index contributed by atoms with van der Waals surface area (Å²) in [4.78, 5) is 15.2. The van der Waals surface area contributed by atoms with E-state index in [1.54, 1.807) is 0 Å². The molecule has 94 valence electrons. The van der Waals surface area contributed by atoms with Gasteiger partial charge in [0.1, 0.15) is 0 Å². The Morgan fingerprint density at radius 1 is 1.65 bits per heavy atom. The third kappa shape index (κ3) is 2.53. The Balaban J connectivity index is 2.09. The van der Waals surface area contributed by atoms with Crippen molar-refractivity contribution in [1.29, 1.82) is 0 Å². The minimum Gasteiger partial charge on any atom is -0.338 e. The molecule has 0 spiro atoms. The van der Waals surface area contributed by atoms with Crippen molar-refractivity contribution < 1.29 is 4.79 Å². The van der Waals surface area contributed by atoms with Crippen molar-refractivity contribution in [2.45, 2.75) is 20.3 Å². The maximum Gasteiger partial charge on any atom is 0.264 e. The van der Waals surface area contributed by atoms with Crippen LogP contribution in [0.5, 0.6) is 0 Å². The SMILES string of the molecule is Cc1ccsc1C(=O)N1CCC(C)C(CN)C1. The zero-order chi connectivity index (χ0) is 12.4. The Hall–Kier alpha value is -0.870. The lowest BCUT2D eigenvalue weighted by atomic mass is 9.87. The lowest BCUT2D eigenvalue weighted by Gasteiger charge is -2.36. The molecule has 2 unspecified atom stereocenters. The molecule has 1 aromatic rings. The van der Waals surface area contributed by atoms with E-state index in [-0.39, 0.29) is 5.91 Å². The number of aryl methyl sites for hydroxylation is 1. The third-order valence-electron chi connectivity index (χ3n) is 3.76. The fourth-order valence-corrected chi connectivity index (χ4v) is 3.27. The average molecular weight is 252 g/mol. The van der Waals surface area contributed by atoms with Crippen molar-refractivity contribution in [1.82, 2.24) is 4.90 Å². The number of hydrogen-bond donors (Lipinski definition) is 1. The van der Waals surface area contributed by atoms with Crippen LogP contribution >= 0.6 is 11.3 Å². The van der Waals surface area contributed by atoms with Gasteiger partial charge < -0.3 is 10.6 Å². The highest BCUT2D eigenvalue weighted by Crippen LogP contribution is 2.25. The molecule has 0 saturated carbocycles. The monoisotopic (exact) mass is 252 g/mol. The third-order valence-corrected chi connectivity index (χ3v) is 4.76. The van der Waals surface area contributed by atoms with Crippen LogP contribution in [0.3, 0.4) is 0 Å². The van der Waals surface area contributed by atoms with Gasteiger partial charge in [0, 0.05) is 13.1 Å². The minimum absolute atomic E-state index is 0.183. The number of thiophene rings is 1. The predicted molar refractivity (Wildman–Crippen MR) is 71.3 cm³/mol. The number of nitrogens with two attached hydrogens (primary N) is 1. The van der Waals surface area contributed by atoms with E-state index in [2.05, 4.69) is 6.92 Å². The zero-order valence-corrected chi connectivity index (χ0v) is 11.3. The molecule has 4 heteroatoms. The first-order chi connectivity index (χ1) is 8.13. The summed E-state index contributed by atoms with van der Waals surface area (Å²) >= 11 is 1.54. The first-order valence-electron chi connectivity index (χ1n) is 6.17. The van der Waals surface area contributed by atoms with Gasteiger partial charge in [0.15, 0.2) is 0 Å². The number of carbonyl (C=O) groups is 1. The molecule has 0 aliphatic carbocycles. The van der Waals surface area contributed by atoms with Gasteiger partial charge in [-0.3, -0.25) is 4.79 Å². The molecule has 0 aromatic carbocycles. The van der Waals surface area contributed by atoms with E-state index >= 15 is 0 Å². The summed E-state index contributed by atoms with van der Waals surface area (Å²) in [6.07, 6.45) is 1.07. The largest absolute Gasteiger partial charge is 0.338 e. The minimum atomic E-state index is 0.183. The number of piperidine rings is 1. The molecular weight excluding hydrogens is 232 g/mol. The summed E-state index contributed by atoms with van der Waals surface area (Å²) in [6.45, 7) is 6.59. The van der Waals surface area contributed by atoms with E-state index in [1.165, 1.54) is 11.3 Å². The maximum atomic E-state index is 12.3. The van der Waals surface area contributed by atoms with Crippen molar-refractivity contribution in [2.24, 2.45) is 17.6 Å². The molecule has 0 radical (unpaired) electrons. The summed E-state index contributed by atoms with van der Waals surface area (Å²) in [7, 11) is 0. The van der Waals surface area contributed by atoms with Crippen LogP contribution in [-0.4, -0.2) is 30.4 Å². The smallest absolute Gasteiger partial charge is 0.264 e. The van der Waals surface area contributed by atoms with Gasteiger partial charge in [-0.05, 0) is 48.7 Å². The first-order valence-corrected chi connectivity index (χ1v) is 7.05. The number of nitrogens with zero attached hydrogens (tertiary/aromatic N) is 1. The van der Waals surface area contributed by atoms with Crippen LogP contribution in [-0.2, 0) is 0 Å². The van der Waals surface area contributed by atoms with Crippen molar-refractivity contribution >= 4 is 17.2 Å². The highest BCUT2D eigenvalue weighted by molar-refractivity contribution is 7.12. The van der Waals surface area contributed by atoms with Crippen LogP contribution in [0, 0.1) is 18.8 Å². The van der Waals surface area contributed by atoms with E-state index in [1.807, 2.05) is 23.3 Å². The van der Waals surface area contributed by atoms with E-state index in [4.69, 9.17) is 5.73 Å². The second-order valence-corrected chi connectivity index (χ2v) is 5.86. The summed E-state index contributed by atoms with van der Waals surface area (Å²) < 4.78 is 0. The van der Waals surface area contributed by atoms with Gasteiger partial charge in [-0.2, -0.15) is 0 Å². The molecular formula is C13H20N2OS. The highest BCUT2D eigenvalue weighted by atomic mass is 32.1. The molecule has 2 rings (SSSR count). The predicted octanol–water partition coefficient (Wildman–Crippen LogP) is 2.11. The molecule has 1 aliphatic heterocycles. The van der Waals surface area contributed by atoms with Crippen LogP contribution in [0.2, 0.25) is 0 Å². The lowest BCUT2D eigenvalue weighted by molar-refractivity contribution is 0.0623. The van der Waals surface area contributed by atoms with Crippen molar-refractivity contribution in [3.63, 3.8) is 0 Å². The molecule has 1 aromatic heterocycles. The molecule has 1 aliphatic rings. The standard InChI is InChI=1S/C13H20N2OS/c1-9-3-5-15(8-11(9)7-14)13(16)12-10(2)4-6-17-12/h4,6,9,11H,3,5,7-8,14H2,1-2H3. The van der Waals surface area contributed by atoms with E-state index in [0.717, 1.165) is 30.0 Å². The summed E-state index contributed by atoms with van der Waals surface area (Å²) in [5.41, 5.74) is 6.86. The first kappa shape index (κ1) is 12.6. The van der Waals surface area contributed by atoms with Gasteiger partial charge in [0.2, 0.25) is 0 Å². The number of amides is 1. The lowest BCUT2D eigenvalue weighted by Crippen LogP contribution is -2.45. The Labute approximate surface area is 107 Å². The summed E-state index contributed by atoms with van der Waals surface area (Å²) in [5.74, 6) is 1.27. The van der Waals surface area contributed by atoms with E-state index in [9.17, 15) is 4.79 Å². The summed E-state index contributed by atoms with van der Waals surface area (Å²) in [5, 5.41) is 1.98. The molecule has 1 saturated heterocycles. The van der Waals surface area contributed by atoms with E-state index in [0.29, 0.717) is 18.4 Å². The Bertz CT molecular complexity index is 402. The molecule has 3 nitrogen and oxygen atoms in total. The van der Waals surface area contributed by atoms with Crippen LogP contribution in [0.4, 0.5) is 0 Å². The van der Waals surface area contributed by atoms with E-state index < -0.39 is 0 Å². The van der Waals surface area contributed by atoms with Gasteiger partial charge >= 0.3 is 0 Å². The molecule has 2 atom stereocenters. The number of carbonyl (C=O) groups excluding carboxylic acids is 1. The molecule has 2 N–H and O–H groups in total. The fraction of sp³-hybridized carbons (Fsp3) is 0.615. The molecule has 1 fully saturated rings. The molecule has 17 heavy (non-hydrogen) atoms. The second kappa shape index (κ2) is 5.19.